The van der Waals surface area contributed by atoms with E-state index < -0.39 is 29.8 Å². The number of hydrogen-bond acceptors (Lipinski definition) is 13. The fraction of sp³-hybridized carbons (Fsp3) is 0.224. The van der Waals surface area contributed by atoms with Crippen molar-refractivity contribution in [3.63, 3.8) is 0 Å². The number of rotatable bonds is 23. The molecule has 0 fully saturated rings. The topological polar surface area (TPSA) is 167 Å². The summed E-state index contributed by atoms with van der Waals surface area (Å²) in [5, 5.41) is 0. The maximum atomic E-state index is 12.9. The lowest BCUT2D eigenvalue weighted by atomic mass is 10.0. The SMILES string of the molecule is C=CC(=O)OCCCCOc1ccc(C(=O)Cc2ccc(C(=O)OC3=CC=C(OC(=O)c4ccc(OC(=O)c5ccc(OCCCCOC(=O)C=C)cc5)cc4)CC3)cc2)cc1. The van der Waals surface area contributed by atoms with E-state index in [9.17, 15) is 28.8 Å². The Kier molecular flexibility index (Phi) is 17.6. The molecule has 4 aromatic rings. The fourth-order valence-electron chi connectivity index (χ4n) is 5.67. The van der Waals surface area contributed by atoms with Crippen LogP contribution in [-0.4, -0.2) is 62.1 Å². The monoisotopic (exact) mass is 842 g/mol. The molecule has 1 aliphatic rings. The number of esters is 5. The van der Waals surface area contributed by atoms with E-state index in [1.807, 2.05) is 0 Å². The molecule has 13 heteroatoms. The maximum Gasteiger partial charge on any atom is 0.343 e. The zero-order valence-electron chi connectivity index (χ0n) is 34.0. The average Bonchev–Trinajstić information content (AvgIpc) is 3.29. The van der Waals surface area contributed by atoms with E-state index in [0.29, 0.717) is 98.1 Å². The molecule has 320 valence electrons. The van der Waals surface area contributed by atoms with Gasteiger partial charge in [0.1, 0.15) is 28.8 Å². The van der Waals surface area contributed by atoms with Gasteiger partial charge in [-0.25, -0.2) is 24.0 Å². The summed E-state index contributed by atoms with van der Waals surface area (Å²) in [6.07, 6.45) is 8.84. The van der Waals surface area contributed by atoms with Gasteiger partial charge in [0.25, 0.3) is 0 Å². The van der Waals surface area contributed by atoms with Crippen molar-refractivity contribution < 1.29 is 61.9 Å². The molecule has 5 rings (SSSR count). The zero-order valence-corrected chi connectivity index (χ0v) is 34.0. The highest BCUT2D eigenvalue weighted by Gasteiger charge is 2.18. The average molecular weight is 843 g/mol. The minimum absolute atomic E-state index is 0.0909. The molecule has 0 unspecified atom stereocenters. The minimum atomic E-state index is -0.602. The number of allylic oxidation sites excluding steroid dienone is 4. The summed E-state index contributed by atoms with van der Waals surface area (Å²) in [4.78, 5) is 73.4. The summed E-state index contributed by atoms with van der Waals surface area (Å²) >= 11 is 0. The molecule has 0 bridgehead atoms. The van der Waals surface area contributed by atoms with Crippen molar-refractivity contribution in [3.8, 4) is 17.2 Å². The molecular weight excluding hydrogens is 797 g/mol. The quantitative estimate of drug-likeness (QED) is 0.0174. The third-order valence-corrected chi connectivity index (χ3v) is 9.08. The first-order valence-corrected chi connectivity index (χ1v) is 19.9. The molecular formula is C49H46O13. The van der Waals surface area contributed by atoms with E-state index >= 15 is 0 Å². The maximum absolute atomic E-state index is 12.9. The van der Waals surface area contributed by atoms with E-state index in [1.165, 1.54) is 24.3 Å². The number of benzene rings is 4. The first-order valence-electron chi connectivity index (χ1n) is 19.9. The van der Waals surface area contributed by atoms with Crippen LogP contribution in [0, 0.1) is 0 Å². The summed E-state index contributed by atoms with van der Waals surface area (Å²) in [6.45, 7) is 8.13. The number of Topliss-reactive ketones (excluding diaryl/α,β-unsaturated/α-hetero) is 1. The second-order valence-electron chi connectivity index (χ2n) is 13.7. The molecule has 62 heavy (non-hydrogen) atoms. The number of carbonyl (C=O) groups is 6. The Morgan fingerprint density at radius 3 is 1.24 bits per heavy atom. The van der Waals surface area contributed by atoms with E-state index in [2.05, 4.69) is 13.2 Å². The summed E-state index contributed by atoms with van der Waals surface area (Å²) in [5.41, 5.74) is 2.13. The lowest BCUT2D eigenvalue weighted by molar-refractivity contribution is -0.138. The highest BCUT2D eigenvalue weighted by molar-refractivity contribution is 5.98. The summed E-state index contributed by atoms with van der Waals surface area (Å²) < 4.78 is 37.8. The molecule has 1 aliphatic carbocycles. The largest absolute Gasteiger partial charge is 0.494 e. The summed E-state index contributed by atoms with van der Waals surface area (Å²) in [5.74, 6) is -0.511. The van der Waals surface area contributed by atoms with Crippen molar-refractivity contribution in [2.45, 2.75) is 44.9 Å². The van der Waals surface area contributed by atoms with Crippen molar-refractivity contribution in [3.05, 3.63) is 174 Å². The zero-order chi connectivity index (χ0) is 44.1. The number of hydrogen-bond donors (Lipinski definition) is 0. The van der Waals surface area contributed by atoms with Crippen molar-refractivity contribution in [2.24, 2.45) is 0 Å². The predicted molar refractivity (Wildman–Crippen MR) is 227 cm³/mol. The van der Waals surface area contributed by atoms with Crippen LogP contribution in [0.5, 0.6) is 17.2 Å². The fourth-order valence-corrected chi connectivity index (χ4v) is 5.67. The van der Waals surface area contributed by atoms with E-state index in [0.717, 1.165) is 17.7 Å². The van der Waals surface area contributed by atoms with Crippen LogP contribution in [0.15, 0.2) is 146 Å². The molecule has 0 saturated heterocycles. The van der Waals surface area contributed by atoms with Crippen LogP contribution >= 0.6 is 0 Å². The number of ether oxygens (including phenoxy) is 7. The molecule has 0 aliphatic heterocycles. The van der Waals surface area contributed by atoms with E-state index in [1.54, 1.807) is 84.9 Å². The Labute approximate surface area is 359 Å². The Morgan fingerprint density at radius 2 is 0.823 bits per heavy atom. The van der Waals surface area contributed by atoms with Crippen molar-refractivity contribution in [1.82, 2.24) is 0 Å². The van der Waals surface area contributed by atoms with E-state index in [-0.39, 0.29) is 30.1 Å². The highest BCUT2D eigenvalue weighted by Crippen LogP contribution is 2.24. The number of carbonyl (C=O) groups excluding carboxylic acids is 6. The van der Waals surface area contributed by atoms with Crippen molar-refractivity contribution in [1.29, 1.82) is 0 Å². The molecule has 0 N–H and O–H groups in total. The summed E-state index contributed by atoms with van der Waals surface area (Å²) in [6, 6.07) is 25.9. The van der Waals surface area contributed by atoms with Crippen LogP contribution in [0.4, 0.5) is 0 Å². The second-order valence-corrected chi connectivity index (χ2v) is 13.7. The van der Waals surface area contributed by atoms with Gasteiger partial charge in [0, 0.05) is 37.0 Å². The molecule has 0 heterocycles. The lowest BCUT2D eigenvalue weighted by Crippen LogP contribution is -2.11. The van der Waals surface area contributed by atoms with Gasteiger partial charge in [0.05, 0.1) is 43.1 Å². The molecule has 0 spiro atoms. The van der Waals surface area contributed by atoms with Crippen molar-refractivity contribution >= 4 is 35.6 Å². The van der Waals surface area contributed by atoms with Crippen LogP contribution in [0.3, 0.4) is 0 Å². The third kappa shape index (κ3) is 14.9. The standard InChI is InChI=1S/C49H46O13/c1-3-45(51)58-31-7-5-29-56-39-19-13-35(14-20-39)44(50)33-34-9-11-36(12-10-34)47(53)61-42-25-27-43(28-26-42)62-49(55)38-17-23-41(24-18-38)60-48(54)37-15-21-40(22-16-37)57-30-6-8-32-59-46(52)4-2/h3-4,9-25,27H,1-2,5-8,26,28-33H2. The first kappa shape index (κ1) is 45.5. The number of ketones is 1. The van der Waals surface area contributed by atoms with Gasteiger partial charge in [-0.2, -0.15) is 0 Å². The van der Waals surface area contributed by atoms with Gasteiger partial charge in [-0.1, -0.05) is 25.3 Å². The first-order chi connectivity index (χ1) is 30.1. The Hall–Kier alpha value is -7.54. The minimum Gasteiger partial charge on any atom is -0.494 e. The van der Waals surface area contributed by atoms with Gasteiger partial charge in [-0.15, -0.1) is 0 Å². The van der Waals surface area contributed by atoms with E-state index in [4.69, 9.17) is 33.2 Å². The van der Waals surface area contributed by atoms with Crippen molar-refractivity contribution in [2.75, 3.05) is 26.4 Å². The third-order valence-electron chi connectivity index (χ3n) is 9.08. The van der Waals surface area contributed by atoms with Crippen LogP contribution in [-0.2, 0) is 35.0 Å². The van der Waals surface area contributed by atoms with Crippen LogP contribution < -0.4 is 14.2 Å². The van der Waals surface area contributed by atoms with Gasteiger partial charge >= 0.3 is 29.8 Å². The van der Waals surface area contributed by atoms with Gasteiger partial charge in [0.2, 0.25) is 0 Å². The van der Waals surface area contributed by atoms with Gasteiger partial charge in [-0.05, 0) is 128 Å². The highest BCUT2D eigenvalue weighted by atomic mass is 16.6. The predicted octanol–water partition coefficient (Wildman–Crippen LogP) is 8.68. The van der Waals surface area contributed by atoms with Crippen LogP contribution in [0.25, 0.3) is 0 Å². The van der Waals surface area contributed by atoms with Crippen LogP contribution in [0.2, 0.25) is 0 Å². The molecule has 0 amide bonds. The van der Waals surface area contributed by atoms with Gasteiger partial charge in [0.15, 0.2) is 5.78 Å². The summed E-state index contributed by atoms with van der Waals surface area (Å²) in [7, 11) is 0. The normalized spacial score (nSPS) is 11.7. The Balaban J connectivity index is 1.00. The molecule has 0 radical (unpaired) electrons. The van der Waals surface area contributed by atoms with Gasteiger partial charge in [-0.3, -0.25) is 4.79 Å². The molecule has 0 saturated carbocycles. The Bertz CT molecular complexity index is 2110. The second kappa shape index (κ2) is 23.9. The molecule has 13 nitrogen and oxygen atoms in total. The lowest BCUT2D eigenvalue weighted by Gasteiger charge is -2.15. The molecule has 0 atom stereocenters. The number of unbranched alkanes of at least 4 members (excludes halogenated alkanes) is 2. The van der Waals surface area contributed by atoms with Crippen LogP contribution in [0.1, 0.15) is 85.5 Å². The Morgan fingerprint density at radius 1 is 0.452 bits per heavy atom. The van der Waals surface area contributed by atoms with Gasteiger partial charge < -0.3 is 33.2 Å². The molecule has 0 aromatic heterocycles. The molecule has 4 aromatic carbocycles. The smallest absolute Gasteiger partial charge is 0.343 e.